The number of carbonyl (C=O) groups excluding carboxylic acids is 1. The maximum atomic E-state index is 11.8. The second-order valence-corrected chi connectivity index (χ2v) is 3.61. The van der Waals surface area contributed by atoms with Gasteiger partial charge in [-0.3, -0.25) is 0 Å². The van der Waals surface area contributed by atoms with Crippen molar-refractivity contribution >= 4 is 5.97 Å². The van der Waals surface area contributed by atoms with E-state index in [9.17, 15) is 14.7 Å². The topological polar surface area (TPSA) is 92.5 Å². The van der Waals surface area contributed by atoms with Gasteiger partial charge in [0.15, 0.2) is 5.69 Å². The normalized spacial score (nSPS) is 10.2. The number of hydrogen-bond donors (Lipinski definition) is 0. The van der Waals surface area contributed by atoms with E-state index < -0.39 is 17.3 Å². The Balaban J connectivity index is 2.66. The molecule has 98 valence electrons. The lowest BCUT2D eigenvalue weighted by Crippen LogP contribution is -2.17. The minimum absolute atomic E-state index is 0.102. The van der Waals surface area contributed by atoms with Gasteiger partial charge in [-0.05, 0) is 18.2 Å². The predicted octanol–water partition coefficient (Wildman–Crippen LogP) is 0.952. The average Bonchev–Trinajstić information content (AvgIpc) is 2.43. The number of hydrogen-bond acceptors (Lipinski definition) is 6. The number of ether oxygens (including phenoxy) is 1. The molecule has 19 heavy (non-hydrogen) atoms. The van der Waals surface area contributed by atoms with Crippen molar-refractivity contribution in [1.82, 2.24) is 5.16 Å². The van der Waals surface area contributed by atoms with Crippen LogP contribution in [0.15, 0.2) is 39.6 Å². The molecule has 6 heteroatoms. The standard InChI is InChI=1S/C13H11NO5/c1-2-18-12(16)10-9(8-6-4-3-5-7-8)11(15)13(17)19-14-10/h3-7,15H,2H2,1H3/p-1. The van der Waals surface area contributed by atoms with Gasteiger partial charge in [-0.15, -0.1) is 0 Å². The van der Waals surface area contributed by atoms with E-state index in [-0.39, 0.29) is 17.9 Å². The molecule has 0 saturated carbocycles. The third-order valence-corrected chi connectivity index (χ3v) is 2.40. The number of esters is 1. The summed E-state index contributed by atoms with van der Waals surface area (Å²) in [6, 6.07) is 8.30. The highest BCUT2D eigenvalue weighted by Crippen LogP contribution is 2.27. The third kappa shape index (κ3) is 2.47. The van der Waals surface area contributed by atoms with E-state index in [1.54, 1.807) is 37.3 Å². The van der Waals surface area contributed by atoms with Crippen LogP contribution in [-0.2, 0) is 4.74 Å². The minimum atomic E-state index is -1.12. The van der Waals surface area contributed by atoms with E-state index in [0.717, 1.165) is 0 Å². The fraction of sp³-hybridized carbons (Fsp3) is 0.154. The molecule has 0 fully saturated rings. The molecular weight excluding hydrogens is 250 g/mol. The number of nitrogens with zero attached hydrogens (tertiary/aromatic N) is 1. The number of carbonyl (C=O) groups is 1. The van der Waals surface area contributed by atoms with Crippen LogP contribution in [0.2, 0.25) is 0 Å². The van der Waals surface area contributed by atoms with Crippen LogP contribution in [0.3, 0.4) is 0 Å². The summed E-state index contributed by atoms with van der Waals surface area (Å²) >= 11 is 0. The first-order valence-corrected chi connectivity index (χ1v) is 5.58. The first-order valence-electron chi connectivity index (χ1n) is 5.58. The van der Waals surface area contributed by atoms with E-state index in [0.29, 0.717) is 5.56 Å². The molecule has 1 heterocycles. The Hall–Kier alpha value is -2.63. The van der Waals surface area contributed by atoms with Crippen molar-refractivity contribution in [3.05, 3.63) is 46.4 Å². The number of aromatic nitrogens is 1. The summed E-state index contributed by atoms with van der Waals surface area (Å²) in [7, 11) is 0. The first-order chi connectivity index (χ1) is 9.15. The number of rotatable bonds is 3. The molecule has 0 aliphatic rings. The van der Waals surface area contributed by atoms with Crippen LogP contribution < -0.4 is 10.7 Å². The summed E-state index contributed by atoms with van der Waals surface area (Å²) in [5, 5.41) is 15.2. The van der Waals surface area contributed by atoms with E-state index >= 15 is 0 Å². The van der Waals surface area contributed by atoms with Crippen molar-refractivity contribution in [2.24, 2.45) is 0 Å². The van der Waals surface area contributed by atoms with Gasteiger partial charge in [0, 0.05) is 5.56 Å². The van der Waals surface area contributed by atoms with Gasteiger partial charge in [0.25, 0.3) is 0 Å². The Morgan fingerprint density at radius 3 is 2.68 bits per heavy atom. The van der Waals surface area contributed by atoms with Crippen LogP contribution in [0.4, 0.5) is 0 Å². The van der Waals surface area contributed by atoms with Crippen LogP contribution in [-0.4, -0.2) is 17.7 Å². The molecule has 2 rings (SSSR count). The Kier molecular flexibility index (Phi) is 3.61. The molecule has 2 aromatic rings. The van der Waals surface area contributed by atoms with Gasteiger partial charge < -0.3 is 14.4 Å². The van der Waals surface area contributed by atoms with Gasteiger partial charge in [0.05, 0.1) is 6.61 Å². The van der Waals surface area contributed by atoms with Gasteiger partial charge >= 0.3 is 11.6 Å². The first kappa shape index (κ1) is 12.8. The summed E-state index contributed by atoms with van der Waals surface area (Å²) in [5.41, 5.74) is -1.10. The molecule has 0 unspecified atom stereocenters. The van der Waals surface area contributed by atoms with E-state index in [4.69, 9.17) is 4.74 Å². The number of benzene rings is 1. The second-order valence-electron chi connectivity index (χ2n) is 3.61. The lowest BCUT2D eigenvalue weighted by Gasteiger charge is -2.13. The Bertz CT molecular complexity index is 648. The van der Waals surface area contributed by atoms with Crippen molar-refractivity contribution in [1.29, 1.82) is 0 Å². The predicted molar refractivity (Wildman–Crippen MR) is 63.6 cm³/mol. The van der Waals surface area contributed by atoms with E-state index in [1.807, 2.05) is 0 Å². The summed E-state index contributed by atoms with van der Waals surface area (Å²) < 4.78 is 9.08. The fourth-order valence-electron chi connectivity index (χ4n) is 1.60. The summed E-state index contributed by atoms with van der Waals surface area (Å²) in [4.78, 5) is 23.0. The zero-order valence-corrected chi connectivity index (χ0v) is 10.1. The fourth-order valence-corrected chi connectivity index (χ4v) is 1.60. The molecule has 0 atom stereocenters. The van der Waals surface area contributed by atoms with Gasteiger partial charge in [-0.25, -0.2) is 9.59 Å². The minimum Gasteiger partial charge on any atom is -0.867 e. The summed E-state index contributed by atoms with van der Waals surface area (Å²) in [6.45, 7) is 1.75. The van der Waals surface area contributed by atoms with Crippen LogP contribution >= 0.6 is 0 Å². The highest BCUT2D eigenvalue weighted by Gasteiger charge is 2.19. The van der Waals surface area contributed by atoms with Gasteiger partial charge in [-0.1, -0.05) is 35.5 Å². The van der Waals surface area contributed by atoms with Gasteiger partial charge in [0.1, 0.15) is 0 Å². The monoisotopic (exact) mass is 260 g/mol. The molecule has 0 aliphatic carbocycles. The van der Waals surface area contributed by atoms with Crippen molar-refractivity contribution < 1.29 is 19.2 Å². The lowest BCUT2D eigenvalue weighted by atomic mass is 10.0. The van der Waals surface area contributed by atoms with Crippen molar-refractivity contribution in [2.75, 3.05) is 6.61 Å². The Morgan fingerprint density at radius 1 is 1.37 bits per heavy atom. The summed E-state index contributed by atoms with van der Waals surface area (Å²) in [5.74, 6) is -1.72. The van der Waals surface area contributed by atoms with E-state index in [1.165, 1.54) is 0 Å². The van der Waals surface area contributed by atoms with Crippen molar-refractivity contribution in [2.45, 2.75) is 6.92 Å². The quantitative estimate of drug-likeness (QED) is 0.763. The molecule has 6 nitrogen and oxygen atoms in total. The molecule has 0 spiro atoms. The highest BCUT2D eigenvalue weighted by atomic mass is 16.5. The van der Waals surface area contributed by atoms with Gasteiger partial charge in [0.2, 0.25) is 0 Å². The Morgan fingerprint density at radius 2 is 2.05 bits per heavy atom. The molecule has 0 amide bonds. The molecular formula is C13H10NO5-. The van der Waals surface area contributed by atoms with Crippen molar-refractivity contribution in [3.63, 3.8) is 0 Å². The molecule has 1 aromatic carbocycles. The second kappa shape index (κ2) is 5.34. The lowest BCUT2D eigenvalue weighted by molar-refractivity contribution is -0.271. The van der Waals surface area contributed by atoms with E-state index in [2.05, 4.69) is 9.68 Å². The maximum absolute atomic E-state index is 11.8. The van der Waals surface area contributed by atoms with Crippen molar-refractivity contribution in [3.8, 4) is 16.9 Å². The molecule has 0 bridgehead atoms. The Labute approximate surface area is 108 Å². The largest absolute Gasteiger partial charge is 0.867 e. The zero-order chi connectivity index (χ0) is 13.8. The molecule has 0 radical (unpaired) electrons. The van der Waals surface area contributed by atoms with Crippen LogP contribution in [0.5, 0.6) is 5.75 Å². The highest BCUT2D eigenvalue weighted by molar-refractivity contribution is 5.96. The molecule has 0 N–H and O–H groups in total. The SMILES string of the molecule is CCOC(=O)c1noc(=O)c([O-])c1-c1ccccc1. The average molecular weight is 260 g/mol. The maximum Gasteiger partial charge on any atom is 0.361 e. The van der Waals surface area contributed by atoms with Crippen LogP contribution in [0.25, 0.3) is 11.1 Å². The third-order valence-electron chi connectivity index (χ3n) is 2.40. The van der Waals surface area contributed by atoms with Gasteiger partial charge in [-0.2, -0.15) is 0 Å². The molecule has 0 saturated heterocycles. The van der Waals surface area contributed by atoms with Crippen LogP contribution in [0, 0.1) is 0 Å². The molecule has 1 aromatic heterocycles. The summed E-state index contributed by atoms with van der Waals surface area (Å²) in [6.07, 6.45) is 0. The van der Waals surface area contributed by atoms with Crippen LogP contribution in [0.1, 0.15) is 17.4 Å². The molecule has 0 aliphatic heterocycles. The zero-order valence-electron chi connectivity index (χ0n) is 10.1. The smallest absolute Gasteiger partial charge is 0.361 e.